The average Bonchev–Trinajstić information content (AvgIpc) is 2.59. The van der Waals surface area contributed by atoms with Gasteiger partial charge in [0.25, 0.3) is 0 Å². The molecule has 0 unspecified atom stereocenters. The smallest absolute Gasteiger partial charge is 0.323 e. The van der Waals surface area contributed by atoms with Crippen LogP contribution in [0.15, 0.2) is 30.3 Å². The fraction of sp³-hybridized carbons (Fsp3) is 0.389. The maximum Gasteiger partial charge on any atom is 0.323 e. The molecule has 0 spiro atoms. The SMILES string of the molecule is Cc1nc(N2CCN(C)CC2)nc(C)c1NC(=O)Nc1ccccc1. The fourth-order valence-electron chi connectivity index (χ4n) is 2.82. The van der Waals surface area contributed by atoms with Crippen LogP contribution in [0.1, 0.15) is 11.4 Å². The molecule has 0 atom stereocenters. The molecule has 0 bridgehead atoms. The van der Waals surface area contributed by atoms with Gasteiger partial charge in [0.2, 0.25) is 5.95 Å². The van der Waals surface area contributed by atoms with Crippen molar-refractivity contribution >= 4 is 23.4 Å². The first kappa shape index (κ1) is 17.2. The van der Waals surface area contributed by atoms with Gasteiger partial charge in [0.1, 0.15) is 0 Å². The zero-order valence-electron chi connectivity index (χ0n) is 14.9. The Labute approximate surface area is 148 Å². The topological polar surface area (TPSA) is 73.4 Å². The summed E-state index contributed by atoms with van der Waals surface area (Å²) in [5.41, 5.74) is 2.94. The number of carbonyl (C=O) groups is 1. The third-order valence-corrected chi connectivity index (χ3v) is 4.32. The highest BCUT2D eigenvalue weighted by Crippen LogP contribution is 2.21. The van der Waals surface area contributed by atoms with Gasteiger partial charge in [-0.1, -0.05) is 18.2 Å². The highest BCUT2D eigenvalue weighted by Gasteiger charge is 2.19. The van der Waals surface area contributed by atoms with E-state index in [1.54, 1.807) is 0 Å². The minimum atomic E-state index is -0.298. The lowest BCUT2D eigenvalue weighted by Crippen LogP contribution is -2.45. The van der Waals surface area contributed by atoms with Crippen molar-refractivity contribution in [2.24, 2.45) is 0 Å². The summed E-state index contributed by atoms with van der Waals surface area (Å²) < 4.78 is 0. The number of nitrogens with zero attached hydrogens (tertiary/aromatic N) is 4. The lowest BCUT2D eigenvalue weighted by atomic mass is 10.2. The van der Waals surface area contributed by atoms with Crippen LogP contribution < -0.4 is 15.5 Å². The summed E-state index contributed by atoms with van der Waals surface area (Å²) in [6.45, 7) is 7.62. The number of hydrogen-bond donors (Lipinski definition) is 2. The van der Waals surface area contributed by atoms with Crippen LogP contribution >= 0.6 is 0 Å². The number of hydrogen-bond acceptors (Lipinski definition) is 5. The summed E-state index contributed by atoms with van der Waals surface area (Å²) in [4.78, 5) is 25.9. The van der Waals surface area contributed by atoms with Crippen molar-refractivity contribution in [2.45, 2.75) is 13.8 Å². The quantitative estimate of drug-likeness (QED) is 0.898. The predicted octanol–water partition coefficient (Wildman–Crippen LogP) is 2.49. The molecule has 1 aromatic heterocycles. The van der Waals surface area contributed by atoms with Gasteiger partial charge in [0.05, 0.1) is 17.1 Å². The second-order valence-electron chi connectivity index (χ2n) is 6.30. The van der Waals surface area contributed by atoms with Gasteiger partial charge in [-0.3, -0.25) is 0 Å². The molecule has 132 valence electrons. The van der Waals surface area contributed by atoms with Crippen molar-refractivity contribution in [3.63, 3.8) is 0 Å². The number of para-hydroxylation sites is 1. The van der Waals surface area contributed by atoms with E-state index in [4.69, 9.17) is 0 Å². The van der Waals surface area contributed by atoms with Gasteiger partial charge in [-0.05, 0) is 33.0 Å². The second-order valence-corrected chi connectivity index (χ2v) is 6.30. The van der Waals surface area contributed by atoms with Crippen LogP contribution in [0.3, 0.4) is 0 Å². The van der Waals surface area contributed by atoms with Crippen LogP contribution in [0.25, 0.3) is 0 Å². The monoisotopic (exact) mass is 340 g/mol. The molecular formula is C18H24N6O. The van der Waals surface area contributed by atoms with E-state index in [2.05, 4.69) is 37.4 Å². The summed E-state index contributed by atoms with van der Waals surface area (Å²) in [5, 5.41) is 5.67. The van der Waals surface area contributed by atoms with Gasteiger partial charge in [0, 0.05) is 31.9 Å². The van der Waals surface area contributed by atoms with E-state index in [1.165, 1.54) is 0 Å². The van der Waals surface area contributed by atoms with Gasteiger partial charge in [-0.25, -0.2) is 14.8 Å². The molecule has 1 fully saturated rings. The van der Waals surface area contributed by atoms with E-state index in [0.717, 1.165) is 49.2 Å². The molecule has 0 saturated carbocycles. The lowest BCUT2D eigenvalue weighted by Gasteiger charge is -2.32. The minimum Gasteiger partial charge on any atom is -0.338 e. The first-order valence-corrected chi connectivity index (χ1v) is 8.44. The van der Waals surface area contributed by atoms with Crippen molar-refractivity contribution in [3.8, 4) is 0 Å². The number of urea groups is 1. The van der Waals surface area contributed by atoms with Crippen molar-refractivity contribution in [2.75, 3.05) is 48.8 Å². The highest BCUT2D eigenvalue weighted by molar-refractivity contribution is 6.00. The Hall–Kier alpha value is -2.67. The highest BCUT2D eigenvalue weighted by atomic mass is 16.2. The Morgan fingerprint density at radius 3 is 2.16 bits per heavy atom. The lowest BCUT2D eigenvalue weighted by molar-refractivity contribution is 0.262. The largest absolute Gasteiger partial charge is 0.338 e. The number of nitrogens with one attached hydrogen (secondary N) is 2. The van der Waals surface area contributed by atoms with Crippen molar-refractivity contribution in [3.05, 3.63) is 41.7 Å². The first-order valence-electron chi connectivity index (χ1n) is 8.44. The summed E-state index contributed by atoms with van der Waals surface area (Å²) in [5.74, 6) is 0.733. The number of benzene rings is 1. The zero-order chi connectivity index (χ0) is 17.8. The van der Waals surface area contributed by atoms with E-state index in [0.29, 0.717) is 5.69 Å². The zero-order valence-corrected chi connectivity index (χ0v) is 14.9. The molecule has 1 aliphatic heterocycles. The van der Waals surface area contributed by atoms with Gasteiger partial charge >= 0.3 is 6.03 Å². The van der Waals surface area contributed by atoms with Crippen LogP contribution in [0.4, 0.5) is 22.1 Å². The maximum absolute atomic E-state index is 12.2. The third-order valence-electron chi connectivity index (χ3n) is 4.32. The minimum absolute atomic E-state index is 0.298. The van der Waals surface area contributed by atoms with Crippen LogP contribution in [0, 0.1) is 13.8 Å². The van der Waals surface area contributed by atoms with Crippen molar-refractivity contribution < 1.29 is 4.79 Å². The van der Waals surface area contributed by atoms with E-state index in [-0.39, 0.29) is 6.03 Å². The van der Waals surface area contributed by atoms with Gasteiger partial charge in [-0.15, -0.1) is 0 Å². The van der Waals surface area contributed by atoms with E-state index >= 15 is 0 Å². The summed E-state index contributed by atoms with van der Waals surface area (Å²) >= 11 is 0. The summed E-state index contributed by atoms with van der Waals surface area (Å²) in [6, 6.07) is 9.04. The molecule has 1 aromatic carbocycles. The fourth-order valence-corrected chi connectivity index (χ4v) is 2.82. The third kappa shape index (κ3) is 4.24. The number of anilines is 3. The van der Waals surface area contributed by atoms with Crippen LogP contribution in [0.2, 0.25) is 0 Å². The Morgan fingerprint density at radius 1 is 0.960 bits per heavy atom. The Kier molecular flexibility index (Phi) is 5.14. The molecule has 2 amide bonds. The summed E-state index contributed by atoms with van der Waals surface area (Å²) in [6.07, 6.45) is 0. The average molecular weight is 340 g/mol. The van der Waals surface area contributed by atoms with Gasteiger partial charge < -0.3 is 20.4 Å². The van der Waals surface area contributed by atoms with Crippen LogP contribution in [0.5, 0.6) is 0 Å². The second kappa shape index (κ2) is 7.48. The number of likely N-dealkylation sites (N-methyl/N-ethyl adjacent to an activating group) is 1. The number of carbonyl (C=O) groups excluding carboxylic acids is 1. The molecular weight excluding hydrogens is 316 g/mol. The number of aromatic nitrogens is 2. The molecule has 25 heavy (non-hydrogen) atoms. The molecule has 2 N–H and O–H groups in total. The van der Waals surface area contributed by atoms with Crippen molar-refractivity contribution in [1.82, 2.24) is 14.9 Å². The van der Waals surface area contributed by atoms with Crippen LogP contribution in [-0.2, 0) is 0 Å². The molecule has 0 aliphatic carbocycles. The predicted molar refractivity (Wildman–Crippen MR) is 100 cm³/mol. The normalized spacial score (nSPS) is 15.1. The van der Waals surface area contributed by atoms with E-state index in [1.807, 2.05) is 44.2 Å². The number of aryl methyl sites for hydroxylation is 2. The van der Waals surface area contributed by atoms with E-state index in [9.17, 15) is 4.79 Å². The van der Waals surface area contributed by atoms with Crippen molar-refractivity contribution in [1.29, 1.82) is 0 Å². The molecule has 7 heteroatoms. The van der Waals surface area contributed by atoms with Crippen LogP contribution in [-0.4, -0.2) is 54.1 Å². The number of piperazine rings is 1. The van der Waals surface area contributed by atoms with Gasteiger partial charge in [0.15, 0.2) is 0 Å². The molecule has 3 rings (SSSR count). The number of rotatable bonds is 3. The van der Waals surface area contributed by atoms with E-state index < -0.39 is 0 Å². The Morgan fingerprint density at radius 2 is 1.56 bits per heavy atom. The molecule has 2 heterocycles. The molecule has 2 aromatic rings. The molecule has 0 radical (unpaired) electrons. The summed E-state index contributed by atoms with van der Waals surface area (Å²) in [7, 11) is 2.12. The Balaban J connectivity index is 1.71. The van der Waals surface area contributed by atoms with Gasteiger partial charge in [-0.2, -0.15) is 0 Å². The Bertz CT molecular complexity index is 717. The molecule has 1 aliphatic rings. The number of amides is 2. The molecule has 7 nitrogen and oxygen atoms in total. The first-order chi connectivity index (χ1) is 12.0. The standard InChI is InChI=1S/C18H24N6O/c1-13-16(22-18(25)21-15-7-5-4-6-8-15)14(2)20-17(19-13)24-11-9-23(3)10-12-24/h4-8H,9-12H2,1-3H3,(H2,21,22,25). The maximum atomic E-state index is 12.2. The molecule has 1 saturated heterocycles.